The van der Waals surface area contributed by atoms with E-state index in [4.69, 9.17) is 4.52 Å². The second-order valence-electron chi connectivity index (χ2n) is 6.09. The quantitative estimate of drug-likeness (QED) is 0.739. The molecule has 0 amide bonds. The lowest BCUT2D eigenvalue weighted by Crippen LogP contribution is -2.09. The summed E-state index contributed by atoms with van der Waals surface area (Å²) >= 11 is 0. The summed E-state index contributed by atoms with van der Waals surface area (Å²) in [6.45, 7) is 1.89. The van der Waals surface area contributed by atoms with Gasteiger partial charge in [0.2, 0.25) is 5.89 Å². The summed E-state index contributed by atoms with van der Waals surface area (Å²) in [6, 6.07) is 8.73. The molecule has 1 fully saturated rings. The van der Waals surface area contributed by atoms with E-state index in [-0.39, 0.29) is 11.2 Å². The molecule has 2 heterocycles. The van der Waals surface area contributed by atoms with Crippen LogP contribution in [0.1, 0.15) is 41.2 Å². The van der Waals surface area contributed by atoms with Crippen LogP contribution in [-0.2, 0) is 11.8 Å². The van der Waals surface area contributed by atoms with Gasteiger partial charge in [-0.2, -0.15) is 4.98 Å². The van der Waals surface area contributed by atoms with Gasteiger partial charge in [0, 0.05) is 18.8 Å². The normalized spacial score (nSPS) is 15.6. The fraction of sp³-hybridized carbons (Fsp3) is 0.278. The van der Waals surface area contributed by atoms with E-state index in [0.717, 1.165) is 29.5 Å². The molecule has 0 bridgehead atoms. The monoisotopic (exact) mass is 309 g/mol. The van der Waals surface area contributed by atoms with Crippen LogP contribution >= 0.6 is 0 Å². The molecule has 0 spiro atoms. The van der Waals surface area contributed by atoms with E-state index in [1.54, 1.807) is 12.3 Å². The average Bonchev–Trinajstić information content (AvgIpc) is 3.24. The number of halogens is 1. The number of aromatic nitrogens is 3. The largest absolute Gasteiger partial charge is 0.338 e. The molecule has 0 radical (unpaired) electrons. The summed E-state index contributed by atoms with van der Waals surface area (Å²) < 4.78 is 18.7. The number of hydrogen-bond donors (Lipinski definition) is 0. The lowest BCUT2D eigenvalue weighted by atomic mass is 9.98. The first-order chi connectivity index (χ1) is 11.2. The second-order valence-corrected chi connectivity index (χ2v) is 6.09. The van der Waals surface area contributed by atoms with Crippen LogP contribution < -0.4 is 0 Å². The summed E-state index contributed by atoms with van der Waals surface area (Å²) in [6.07, 6.45) is 6.15. The van der Waals surface area contributed by atoms with E-state index in [0.29, 0.717) is 18.1 Å². The van der Waals surface area contributed by atoms with Crippen molar-refractivity contribution in [3.05, 3.63) is 76.9 Å². The minimum Gasteiger partial charge on any atom is -0.338 e. The molecule has 2 aromatic heterocycles. The lowest BCUT2D eigenvalue weighted by Gasteiger charge is -2.09. The molecule has 5 heteroatoms. The van der Waals surface area contributed by atoms with Crippen LogP contribution in [-0.4, -0.2) is 15.1 Å². The van der Waals surface area contributed by atoms with Crippen LogP contribution in [0.3, 0.4) is 0 Å². The zero-order valence-electron chi connectivity index (χ0n) is 12.8. The zero-order valence-corrected chi connectivity index (χ0v) is 12.8. The molecule has 0 unspecified atom stereocenters. The Labute approximate surface area is 133 Å². The third-order valence-corrected chi connectivity index (χ3v) is 4.49. The molecule has 3 aromatic rings. The van der Waals surface area contributed by atoms with E-state index < -0.39 is 0 Å². The van der Waals surface area contributed by atoms with Crippen molar-refractivity contribution in [3.8, 4) is 0 Å². The van der Waals surface area contributed by atoms with E-state index in [1.165, 1.54) is 12.1 Å². The molecule has 23 heavy (non-hydrogen) atoms. The molecule has 1 aliphatic rings. The van der Waals surface area contributed by atoms with Crippen LogP contribution in [0.25, 0.3) is 0 Å². The predicted octanol–water partition coefficient (Wildman–Crippen LogP) is 3.58. The van der Waals surface area contributed by atoms with Gasteiger partial charge in [0.1, 0.15) is 5.82 Å². The van der Waals surface area contributed by atoms with Gasteiger partial charge < -0.3 is 4.52 Å². The van der Waals surface area contributed by atoms with Crippen molar-refractivity contribution in [2.24, 2.45) is 0 Å². The number of aryl methyl sites for hydroxylation is 1. The third kappa shape index (κ3) is 2.52. The first-order valence-electron chi connectivity index (χ1n) is 7.66. The topological polar surface area (TPSA) is 51.8 Å². The third-order valence-electron chi connectivity index (χ3n) is 4.49. The maximum atomic E-state index is 13.2. The highest BCUT2D eigenvalue weighted by molar-refractivity contribution is 5.36. The van der Waals surface area contributed by atoms with Gasteiger partial charge in [-0.1, -0.05) is 17.3 Å². The Bertz CT molecular complexity index is 840. The molecule has 0 atom stereocenters. The molecule has 116 valence electrons. The molecule has 1 aliphatic carbocycles. The smallest absolute Gasteiger partial charge is 0.237 e. The summed E-state index contributed by atoms with van der Waals surface area (Å²) in [5.41, 5.74) is 2.85. The van der Waals surface area contributed by atoms with Crippen molar-refractivity contribution >= 4 is 0 Å². The Morgan fingerprint density at radius 1 is 1.26 bits per heavy atom. The number of nitrogens with zero attached hydrogens (tertiary/aromatic N) is 3. The minimum atomic E-state index is -0.228. The molecule has 4 rings (SSSR count). The van der Waals surface area contributed by atoms with Gasteiger partial charge in [-0.15, -0.1) is 0 Å². The van der Waals surface area contributed by atoms with Crippen LogP contribution in [0.15, 0.2) is 47.2 Å². The number of benzene rings is 1. The van der Waals surface area contributed by atoms with Gasteiger partial charge >= 0.3 is 0 Å². The Hall–Kier alpha value is -2.56. The zero-order chi connectivity index (χ0) is 15.9. The van der Waals surface area contributed by atoms with Crippen LogP contribution in [0.4, 0.5) is 4.39 Å². The van der Waals surface area contributed by atoms with E-state index in [2.05, 4.69) is 15.1 Å². The molecule has 4 nitrogen and oxygen atoms in total. The van der Waals surface area contributed by atoms with Crippen LogP contribution in [0.5, 0.6) is 0 Å². The summed E-state index contributed by atoms with van der Waals surface area (Å²) in [5.74, 6) is 1.05. The number of hydrogen-bond acceptors (Lipinski definition) is 4. The van der Waals surface area contributed by atoms with Gasteiger partial charge in [-0.3, -0.25) is 4.98 Å². The van der Waals surface area contributed by atoms with Crippen molar-refractivity contribution in [1.29, 1.82) is 0 Å². The first-order valence-corrected chi connectivity index (χ1v) is 7.66. The first kappa shape index (κ1) is 14.1. The standard InChI is InChI=1S/C18H16FN3O/c1-12-9-15(19)5-4-13(12)10-16-21-17(23-22-16)18(6-7-18)14-3-2-8-20-11-14/h2-5,8-9,11H,6-7,10H2,1H3. The highest BCUT2D eigenvalue weighted by Crippen LogP contribution is 2.52. The van der Waals surface area contributed by atoms with Crippen LogP contribution in [0.2, 0.25) is 0 Å². The number of rotatable bonds is 4. The van der Waals surface area contributed by atoms with Crippen LogP contribution in [0, 0.1) is 12.7 Å². The molecular formula is C18H16FN3O. The summed E-state index contributed by atoms with van der Waals surface area (Å²) in [7, 11) is 0. The molecule has 0 saturated heterocycles. The highest BCUT2D eigenvalue weighted by atomic mass is 19.1. The molecular weight excluding hydrogens is 293 g/mol. The Morgan fingerprint density at radius 3 is 2.83 bits per heavy atom. The maximum absolute atomic E-state index is 13.2. The van der Waals surface area contributed by atoms with Crippen molar-refractivity contribution in [1.82, 2.24) is 15.1 Å². The fourth-order valence-corrected chi connectivity index (χ4v) is 2.94. The van der Waals surface area contributed by atoms with E-state index >= 15 is 0 Å². The second kappa shape index (κ2) is 5.26. The highest BCUT2D eigenvalue weighted by Gasteiger charge is 2.51. The van der Waals surface area contributed by atoms with Gasteiger partial charge in [-0.05, 0) is 54.7 Å². The minimum absolute atomic E-state index is 0.169. The van der Waals surface area contributed by atoms with Gasteiger partial charge in [0.05, 0.1) is 5.41 Å². The van der Waals surface area contributed by atoms with Gasteiger partial charge in [0.15, 0.2) is 5.82 Å². The van der Waals surface area contributed by atoms with Crippen molar-refractivity contribution < 1.29 is 8.91 Å². The number of pyridine rings is 1. The summed E-state index contributed by atoms with van der Waals surface area (Å²) in [4.78, 5) is 8.77. The SMILES string of the molecule is Cc1cc(F)ccc1Cc1noc(C2(c3cccnc3)CC2)n1. The lowest BCUT2D eigenvalue weighted by molar-refractivity contribution is 0.356. The van der Waals surface area contributed by atoms with Crippen molar-refractivity contribution in [2.75, 3.05) is 0 Å². The molecule has 0 N–H and O–H groups in total. The Kier molecular flexibility index (Phi) is 3.22. The Morgan fingerprint density at radius 2 is 2.13 bits per heavy atom. The van der Waals surface area contributed by atoms with Gasteiger partial charge in [0.25, 0.3) is 0 Å². The predicted molar refractivity (Wildman–Crippen MR) is 82.5 cm³/mol. The molecule has 1 saturated carbocycles. The van der Waals surface area contributed by atoms with E-state index in [9.17, 15) is 4.39 Å². The van der Waals surface area contributed by atoms with E-state index in [1.807, 2.05) is 25.3 Å². The van der Waals surface area contributed by atoms with Crippen molar-refractivity contribution in [2.45, 2.75) is 31.6 Å². The Balaban J connectivity index is 1.60. The maximum Gasteiger partial charge on any atom is 0.237 e. The average molecular weight is 309 g/mol. The fourth-order valence-electron chi connectivity index (χ4n) is 2.94. The molecule has 0 aliphatic heterocycles. The molecule has 1 aromatic carbocycles. The summed E-state index contributed by atoms with van der Waals surface area (Å²) in [5, 5.41) is 4.11. The van der Waals surface area contributed by atoms with Gasteiger partial charge in [-0.25, -0.2) is 4.39 Å². The van der Waals surface area contributed by atoms with Crippen molar-refractivity contribution in [3.63, 3.8) is 0 Å².